The van der Waals surface area contributed by atoms with Crippen LogP contribution < -0.4 is 10.3 Å². The van der Waals surface area contributed by atoms with Gasteiger partial charge in [-0.1, -0.05) is 6.42 Å². The molecule has 2 N–H and O–H groups in total. The summed E-state index contributed by atoms with van der Waals surface area (Å²) in [4.78, 5) is 19.8. The van der Waals surface area contributed by atoms with Crippen LogP contribution >= 0.6 is 0 Å². The van der Waals surface area contributed by atoms with Gasteiger partial charge in [0.05, 0.1) is 5.39 Å². The lowest BCUT2D eigenvalue weighted by molar-refractivity contribution is 0.211. The largest absolute Gasteiger partial charge is 0.504 e. The third-order valence-corrected chi connectivity index (χ3v) is 7.19. The lowest BCUT2D eigenvalue weighted by atomic mass is 10.1. The standard InChI is InChI=1S/C29H39N3O4/c1-30(16-8-20-32-18-4-3-5-19-32)15-6-7-17-31(2)23-11-9-22(10-12-23)27-21-26(34)24-13-14-25(33)28(35)29(24)36-27/h9-14,21,33,35H,3-8,15-20H2,1-2H3. The van der Waals surface area contributed by atoms with E-state index < -0.39 is 5.75 Å². The topological polar surface area (TPSA) is 80.4 Å². The van der Waals surface area contributed by atoms with Gasteiger partial charge in [0.15, 0.2) is 16.8 Å². The first-order chi connectivity index (χ1) is 17.4. The summed E-state index contributed by atoms with van der Waals surface area (Å²) in [6, 6.07) is 12.0. The first kappa shape index (κ1) is 26.0. The molecule has 0 bridgehead atoms. The van der Waals surface area contributed by atoms with Gasteiger partial charge in [0.1, 0.15) is 5.76 Å². The molecule has 2 aromatic carbocycles. The number of likely N-dealkylation sites (tertiary alicyclic amines) is 1. The zero-order valence-electron chi connectivity index (χ0n) is 21.6. The van der Waals surface area contributed by atoms with E-state index in [4.69, 9.17) is 4.42 Å². The second-order valence-electron chi connectivity index (χ2n) is 10.0. The highest BCUT2D eigenvalue weighted by atomic mass is 16.4. The Kier molecular flexibility index (Phi) is 8.88. The summed E-state index contributed by atoms with van der Waals surface area (Å²) in [7, 11) is 4.32. The summed E-state index contributed by atoms with van der Waals surface area (Å²) in [5.41, 5.74) is 1.56. The molecule has 0 atom stereocenters. The molecule has 0 aliphatic carbocycles. The van der Waals surface area contributed by atoms with Gasteiger partial charge in [0.2, 0.25) is 5.75 Å². The Morgan fingerprint density at radius 2 is 1.58 bits per heavy atom. The lowest BCUT2D eigenvalue weighted by Gasteiger charge is -2.27. The smallest absolute Gasteiger partial charge is 0.201 e. The Bertz CT molecular complexity index is 1190. The fourth-order valence-electron chi connectivity index (χ4n) is 4.94. The Morgan fingerprint density at radius 1 is 0.889 bits per heavy atom. The minimum absolute atomic E-state index is 0.00448. The summed E-state index contributed by atoms with van der Waals surface area (Å²) >= 11 is 0. The van der Waals surface area contributed by atoms with Crippen LogP contribution in [0, 0.1) is 0 Å². The number of aromatic hydroxyl groups is 2. The second-order valence-corrected chi connectivity index (χ2v) is 10.0. The van der Waals surface area contributed by atoms with E-state index in [2.05, 4.69) is 28.8 Å². The van der Waals surface area contributed by atoms with Gasteiger partial charge in [-0.2, -0.15) is 0 Å². The van der Waals surface area contributed by atoms with Crippen molar-refractivity contribution in [2.45, 2.75) is 38.5 Å². The summed E-state index contributed by atoms with van der Waals surface area (Å²) in [6.45, 7) is 7.05. The Morgan fingerprint density at radius 3 is 2.33 bits per heavy atom. The third kappa shape index (κ3) is 6.59. The van der Waals surface area contributed by atoms with Crippen molar-refractivity contribution in [2.75, 3.05) is 58.3 Å². The van der Waals surface area contributed by atoms with Crippen LogP contribution in [0.25, 0.3) is 22.3 Å². The average molecular weight is 494 g/mol. The first-order valence-corrected chi connectivity index (χ1v) is 13.1. The molecule has 0 unspecified atom stereocenters. The summed E-state index contributed by atoms with van der Waals surface area (Å²) in [5, 5.41) is 20.1. The van der Waals surface area contributed by atoms with E-state index in [0.717, 1.165) is 37.3 Å². The number of hydrogen-bond acceptors (Lipinski definition) is 7. The number of benzene rings is 2. The molecular weight excluding hydrogens is 454 g/mol. The van der Waals surface area contributed by atoms with Gasteiger partial charge in [-0.3, -0.25) is 4.79 Å². The Hall–Kier alpha value is -3.03. The number of phenols is 2. The van der Waals surface area contributed by atoms with Gasteiger partial charge >= 0.3 is 0 Å². The monoisotopic (exact) mass is 493 g/mol. The zero-order valence-corrected chi connectivity index (χ0v) is 21.6. The van der Waals surface area contributed by atoms with Crippen LogP contribution in [0.2, 0.25) is 0 Å². The quantitative estimate of drug-likeness (QED) is 0.291. The SMILES string of the molecule is CN(CCCCN(C)c1ccc(-c2cc(=O)c3ccc(O)c(O)c3o2)cc1)CCCN1CCCCC1. The lowest BCUT2D eigenvalue weighted by Crippen LogP contribution is -2.32. The highest BCUT2D eigenvalue weighted by molar-refractivity contribution is 5.86. The van der Waals surface area contributed by atoms with Gasteiger partial charge in [-0.15, -0.1) is 0 Å². The molecule has 4 rings (SSSR count). The van der Waals surface area contributed by atoms with Crippen LogP contribution in [0.3, 0.4) is 0 Å². The normalized spacial score (nSPS) is 14.5. The number of fused-ring (bicyclic) bond motifs is 1. The molecule has 1 saturated heterocycles. The van der Waals surface area contributed by atoms with Crippen LogP contribution in [-0.2, 0) is 0 Å². The molecule has 0 spiro atoms. The van der Waals surface area contributed by atoms with E-state index >= 15 is 0 Å². The molecule has 7 nitrogen and oxygen atoms in total. The maximum Gasteiger partial charge on any atom is 0.201 e. The molecule has 194 valence electrons. The molecule has 3 aromatic rings. The maximum atomic E-state index is 12.5. The van der Waals surface area contributed by atoms with Crippen molar-refractivity contribution in [1.29, 1.82) is 0 Å². The van der Waals surface area contributed by atoms with E-state index in [9.17, 15) is 15.0 Å². The van der Waals surface area contributed by atoms with Crippen LogP contribution in [0.1, 0.15) is 38.5 Å². The Balaban J connectivity index is 1.24. The second kappa shape index (κ2) is 12.3. The molecule has 1 fully saturated rings. The molecule has 0 radical (unpaired) electrons. The van der Waals surface area contributed by atoms with E-state index in [-0.39, 0.29) is 22.1 Å². The van der Waals surface area contributed by atoms with Crippen LogP contribution in [0.5, 0.6) is 11.5 Å². The predicted octanol–water partition coefficient (Wildman–Crippen LogP) is 4.90. The van der Waals surface area contributed by atoms with Crippen molar-refractivity contribution < 1.29 is 14.6 Å². The summed E-state index contributed by atoms with van der Waals surface area (Å²) in [5.74, 6) is -0.384. The van der Waals surface area contributed by atoms with Crippen molar-refractivity contribution in [3.63, 3.8) is 0 Å². The van der Waals surface area contributed by atoms with Gasteiger partial charge < -0.3 is 29.3 Å². The number of phenolic OH excluding ortho intramolecular Hbond substituents is 2. The minimum atomic E-state index is -0.421. The number of piperidine rings is 1. The zero-order chi connectivity index (χ0) is 25.5. The van der Waals surface area contributed by atoms with E-state index in [1.807, 2.05) is 24.3 Å². The third-order valence-electron chi connectivity index (χ3n) is 7.19. The van der Waals surface area contributed by atoms with E-state index in [1.165, 1.54) is 69.9 Å². The molecule has 2 heterocycles. The average Bonchev–Trinajstić information content (AvgIpc) is 2.89. The number of unbranched alkanes of at least 4 members (excludes halogenated alkanes) is 1. The molecule has 1 aromatic heterocycles. The fraction of sp³-hybridized carbons (Fsp3) is 0.483. The molecule has 1 aliphatic rings. The van der Waals surface area contributed by atoms with Gasteiger partial charge in [0.25, 0.3) is 0 Å². The minimum Gasteiger partial charge on any atom is -0.504 e. The molecule has 7 heteroatoms. The summed E-state index contributed by atoms with van der Waals surface area (Å²) < 4.78 is 5.77. The van der Waals surface area contributed by atoms with E-state index in [1.54, 1.807) is 0 Å². The predicted molar refractivity (Wildman–Crippen MR) is 146 cm³/mol. The van der Waals surface area contributed by atoms with Crippen molar-refractivity contribution in [3.05, 3.63) is 52.7 Å². The van der Waals surface area contributed by atoms with Crippen molar-refractivity contribution in [2.24, 2.45) is 0 Å². The van der Waals surface area contributed by atoms with Crippen molar-refractivity contribution >= 4 is 16.7 Å². The number of nitrogens with zero attached hydrogens (tertiary/aromatic N) is 3. The number of anilines is 1. The van der Waals surface area contributed by atoms with Gasteiger partial charge in [-0.05, 0) is 108 Å². The molecular formula is C29H39N3O4. The molecule has 1 aliphatic heterocycles. The van der Waals surface area contributed by atoms with E-state index in [0.29, 0.717) is 5.76 Å². The Labute approximate surface area is 213 Å². The van der Waals surface area contributed by atoms with Gasteiger partial charge in [-0.25, -0.2) is 0 Å². The maximum absolute atomic E-state index is 12.5. The van der Waals surface area contributed by atoms with Crippen molar-refractivity contribution in [1.82, 2.24) is 9.80 Å². The number of rotatable bonds is 11. The highest BCUT2D eigenvalue weighted by Gasteiger charge is 2.14. The fourth-order valence-corrected chi connectivity index (χ4v) is 4.94. The van der Waals surface area contributed by atoms with Crippen LogP contribution in [0.4, 0.5) is 5.69 Å². The molecule has 0 amide bonds. The molecule has 0 saturated carbocycles. The number of hydrogen-bond donors (Lipinski definition) is 2. The van der Waals surface area contributed by atoms with Crippen molar-refractivity contribution in [3.8, 4) is 22.8 Å². The summed E-state index contributed by atoms with van der Waals surface area (Å²) in [6.07, 6.45) is 7.66. The van der Waals surface area contributed by atoms with Crippen LogP contribution in [0.15, 0.2) is 51.7 Å². The first-order valence-electron chi connectivity index (χ1n) is 13.1. The molecule has 36 heavy (non-hydrogen) atoms. The highest BCUT2D eigenvalue weighted by Crippen LogP contribution is 2.34. The van der Waals surface area contributed by atoms with Crippen LogP contribution in [-0.4, -0.2) is 73.4 Å². The van der Waals surface area contributed by atoms with Gasteiger partial charge in [0, 0.05) is 30.9 Å².